The number of carbonyl (C=O) groups is 4. The lowest BCUT2D eigenvalue weighted by atomic mass is 9.62. The molecule has 0 saturated heterocycles. The quantitative estimate of drug-likeness (QED) is 0.451. The van der Waals surface area contributed by atoms with Gasteiger partial charge in [0.25, 0.3) is 5.91 Å². The predicted molar refractivity (Wildman–Crippen MR) is 97.9 cm³/mol. The second kappa shape index (κ2) is 6.20. The van der Waals surface area contributed by atoms with Crippen LogP contribution >= 0.6 is 0 Å². The molecule has 150 valence electrons. The third-order valence-electron chi connectivity index (χ3n) is 6.04. The molecule has 4 rings (SSSR count). The van der Waals surface area contributed by atoms with E-state index in [0.29, 0.717) is 5.56 Å². The maximum atomic E-state index is 13.1. The number of Topliss-reactive ketones (excluding diaryl/α,β-unsaturated/α-hetero) is 2. The van der Waals surface area contributed by atoms with Gasteiger partial charge in [-0.1, -0.05) is 0 Å². The zero-order valence-corrected chi connectivity index (χ0v) is 15.1. The van der Waals surface area contributed by atoms with E-state index in [1.807, 2.05) is 0 Å². The number of allylic oxidation sites excluding steroid dienone is 3. The van der Waals surface area contributed by atoms with Crippen LogP contribution in [0.4, 0.5) is 0 Å². The minimum Gasteiger partial charge on any atom is -0.511 e. The molecule has 9 heteroatoms. The number of aliphatic hydroxyl groups excluding tert-OH is 2. The molecular formula is C20H18N2O7. The first kappa shape index (κ1) is 18.7. The number of primary amides is 2. The molecule has 3 atom stereocenters. The zero-order chi connectivity index (χ0) is 21.2. The lowest BCUT2D eigenvalue weighted by Gasteiger charge is -2.40. The van der Waals surface area contributed by atoms with E-state index in [1.54, 1.807) is 0 Å². The van der Waals surface area contributed by atoms with Gasteiger partial charge < -0.3 is 26.8 Å². The van der Waals surface area contributed by atoms with Gasteiger partial charge in [0, 0.05) is 17.6 Å². The van der Waals surface area contributed by atoms with E-state index >= 15 is 0 Å². The summed E-state index contributed by atoms with van der Waals surface area (Å²) in [5, 5.41) is 31.1. The molecule has 1 unspecified atom stereocenters. The third-order valence-corrected chi connectivity index (χ3v) is 6.04. The molecule has 0 radical (unpaired) electrons. The highest BCUT2D eigenvalue weighted by molar-refractivity contribution is 6.22. The zero-order valence-electron chi connectivity index (χ0n) is 15.1. The van der Waals surface area contributed by atoms with Crippen LogP contribution in [0.15, 0.2) is 34.8 Å². The van der Waals surface area contributed by atoms with Crippen molar-refractivity contribution in [1.29, 1.82) is 0 Å². The molecule has 0 aliphatic heterocycles. The van der Waals surface area contributed by atoms with Crippen LogP contribution in [0.5, 0.6) is 5.75 Å². The van der Waals surface area contributed by atoms with E-state index in [1.165, 1.54) is 12.1 Å². The summed E-state index contributed by atoms with van der Waals surface area (Å²) in [6.07, 6.45) is 0.356. The van der Waals surface area contributed by atoms with Gasteiger partial charge in [-0.05, 0) is 42.4 Å². The molecule has 9 nitrogen and oxygen atoms in total. The smallest absolute Gasteiger partial charge is 0.255 e. The first-order chi connectivity index (χ1) is 13.6. The van der Waals surface area contributed by atoms with Crippen molar-refractivity contribution in [1.82, 2.24) is 0 Å². The highest BCUT2D eigenvalue weighted by atomic mass is 16.3. The number of phenols is 1. The number of benzene rings is 1. The average Bonchev–Trinajstić information content (AvgIpc) is 2.60. The van der Waals surface area contributed by atoms with Gasteiger partial charge in [0.05, 0.1) is 11.5 Å². The molecule has 7 N–H and O–H groups in total. The molecular weight excluding hydrogens is 380 g/mol. The van der Waals surface area contributed by atoms with E-state index in [9.17, 15) is 34.5 Å². The maximum absolute atomic E-state index is 13.1. The minimum absolute atomic E-state index is 0.0331. The standard InChI is InChI=1S/C20H18N2O7/c21-19(28)8-1-2-10(23)14-9(8)4-6-3-7-5-11(24)15(20(22)29)18(27)13(7)16(25)12(6)17(14)26/h1-2,6-7,13,23-25H,3-5H2,(H2,21,28)(H2,22,29)/t6-,7+,13?/m1/s1. The number of hydrogen-bond donors (Lipinski definition) is 5. The summed E-state index contributed by atoms with van der Waals surface area (Å²) in [4.78, 5) is 49.2. The summed E-state index contributed by atoms with van der Waals surface area (Å²) < 4.78 is 0. The molecule has 0 bridgehead atoms. The van der Waals surface area contributed by atoms with E-state index < -0.39 is 58.2 Å². The van der Waals surface area contributed by atoms with Crippen molar-refractivity contribution in [3.8, 4) is 5.75 Å². The van der Waals surface area contributed by atoms with Crippen LogP contribution in [0, 0.1) is 17.8 Å². The van der Waals surface area contributed by atoms with E-state index in [-0.39, 0.29) is 41.7 Å². The van der Waals surface area contributed by atoms with Gasteiger partial charge in [-0.3, -0.25) is 19.2 Å². The molecule has 3 aliphatic rings. The van der Waals surface area contributed by atoms with Gasteiger partial charge in [-0.25, -0.2) is 0 Å². The lowest BCUT2D eigenvalue weighted by Crippen LogP contribution is -2.43. The van der Waals surface area contributed by atoms with Gasteiger partial charge in [-0.15, -0.1) is 0 Å². The fourth-order valence-electron chi connectivity index (χ4n) is 4.87. The normalized spacial score (nSPS) is 26.0. The number of hydrogen-bond acceptors (Lipinski definition) is 7. The number of amides is 2. The van der Waals surface area contributed by atoms with Crippen LogP contribution in [0.3, 0.4) is 0 Å². The van der Waals surface area contributed by atoms with E-state index in [4.69, 9.17) is 11.5 Å². The summed E-state index contributed by atoms with van der Waals surface area (Å²) in [6, 6.07) is 2.51. The molecule has 0 spiro atoms. The number of nitrogens with two attached hydrogens (primary N) is 2. The summed E-state index contributed by atoms with van der Waals surface area (Å²) in [6.45, 7) is 0. The number of fused-ring (bicyclic) bond motifs is 3. The number of aromatic hydroxyl groups is 1. The van der Waals surface area contributed by atoms with E-state index in [0.717, 1.165) is 0 Å². The van der Waals surface area contributed by atoms with Crippen molar-refractivity contribution in [2.75, 3.05) is 0 Å². The Morgan fingerprint density at radius 3 is 2.31 bits per heavy atom. The Morgan fingerprint density at radius 2 is 1.69 bits per heavy atom. The first-order valence-electron chi connectivity index (χ1n) is 9.01. The van der Waals surface area contributed by atoms with Crippen molar-refractivity contribution in [3.63, 3.8) is 0 Å². The van der Waals surface area contributed by atoms with E-state index in [2.05, 4.69) is 0 Å². The number of rotatable bonds is 2. The largest absolute Gasteiger partial charge is 0.511 e. The molecule has 0 aromatic heterocycles. The molecule has 1 aromatic carbocycles. The van der Waals surface area contributed by atoms with Crippen molar-refractivity contribution in [3.05, 3.63) is 51.5 Å². The molecule has 1 aromatic rings. The van der Waals surface area contributed by atoms with Crippen LogP contribution < -0.4 is 11.5 Å². The predicted octanol–water partition coefficient (Wildman–Crippen LogP) is 0.564. The molecule has 0 saturated carbocycles. The Balaban J connectivity index is 1.88. The Labute approximate surface area is 164 Å². The first-order valence-corrected chi connectivity index (χ1v) is 9.01. The van der Waals surface area contributed by atoms with Gasteiger partial charge in [0.15, 0.2) is 11.6 Å². The highest BCUT2D eigenvalue weighted by Crippen LogP contribution is 2.49. The summed E-state index contributed by atoms with van der Waals surface area (Å²) in [5.74, 6) is -6.90. The Morgan fingerprint density at radius 1 is 1.00 bits per heavy atom. The molecule has 29 heavy (non-hydrogen) atoms. The minimum atomic E-state index is -1.17. The Hall–Kier alpha value is -3.62. The van der Waals surface area contributed by atoms with Crippen molar-refractivity contribution < 1.29 is 34.5 Å². The second-order valence-corrected chi connectivity index (χ2v) is 7.61. The monoisotopic (exact) mass is 398 g/mol. The summed E-state index contributed by atoms with van der Waals surface area (Å²) >= 11 is 0. The number of phenolic OH excluding ortho intramolecular Hbond substituents is 1. The number of aliphatic hydroxyl groups is 2. The van der Waals surface area contributed by atoms with Crippen LogP contribution in [0.25, 0.3) is 0 Å². The Kier molecular flexibility index (Phi) is 4.00. The third kappa shape index (κ3) is 2.54. The van der Waals surface area contributed by atoms with Crippen molar-refractivity contribution in [2.24, 2.45) is 29.2 Å². The average molecular weight is 398 g/mol. The van der Waals surface area contributed by atoms with Gasteiger partial charge in [-0.2, -0.15) is 0 Å². The van der Waals surface area contributed by atoms with Crippen molar-refractivity contribution in [2.45, 2.75) is 19.3 Å². The summed E-state index contributed by atoms with van der Waals surface area (Å²) in [5.41, 5.74) is 10.2. The second-order valence-electron chi connectivity index (χ2n) is 7.61. The van der Waals surface area contributed by atoms with Crippen molar-refractivity contribution >= 4 is 23.4 Å². The van der Waals surface area contributed by atoms with Crippen LogP contribution in [0.2, 0.25) is 0 Å². The molecule has 0 heterocycles. The molecule has 2 amide bonds. The molecule has 0 fully saturated rings. The topological polar surface area (TPSA) is 181 Å². The highest BCUT2D eigenvalue weighted by Gasteiger charge is 2.50. The fraction of sp³-hybridized carbons (Fsp3) is 0.300. The van der Waals surface area contributed by atoms with Crippen LogP contribution in [-0.2, 0) is 16.0 Å². The number of ketones is 2. The maximum Gasteiger partial charge on any atom is 0.255 e. The van der Waals surface area contributed by atoms with Crippen LogP contribution in [0.1, 0.15) is 39.1 Å². The molecule has 3 aliphatic carbocycles. The lowest BCUT2D eigenvalue weighted by molar-refractivity contribution is -0.126. The van der Waals surface area contributed by atoms with Gasteiger partial charge >= 0.3 is 0 Å². The van der Waals surface area contributed by atoms with Gasteiger partial charge in [0.1, 0.15) is 22.8 Å². The Bertz CT molecular complexity index is 1080. The van der Waals surface area contributed by atoms with Crippen LogP contribution in [-0.4, -0.2) is 38.7 Å². The fourth-order valence-corrected chi connectivity index (χ4v) is 4.87. The van der Waals surface area contributed by atoms with Gasteiger partial charge in [0.2, 0.25) is 5.91 Å². The summed E-state index contributed by atoms with van der Waals surface area (Å²) in [7, 11) is 0. The SMILES string of the molecule is NC(=O)C1=C(O)C[C@@H]2C[C@@H]3Cc4c(C(N)=O)ccc(O)c4C(=O)C3=C(O)C2C1=O. The number of carbonyl (C=O) groups excluding carboxylic acids is 4.